The Morgan fingerprint density at radius 3 is 2.72 bits per heavy atom. The number of carboxylic acids is 1. The van der Waals surface area contributed by atoms with E-state index in [0.717, 1.165) is 31.5 Å². The van der Waals surface area contributed by atoms with Crippen LogP contribution in [0.25, 0.3) is 10.2 Å². The van der Waals surface area contributed by atoms with Crippen LogP contribution in [0.15, 0.2) is 4.79 Å². The third kappa shape index (κ3) is 2.95. The molecule has 1 atom stereocenters. The van der Waals surface area contributed by atoms with Gasteiger partial charge in [-0.25, -0.2) is 9.78 Å². The molecule has 134 valence electrons. The van der Waals surface area contributed by atoms with Crippen LogP contribution in [0, 0.1) is 6.92 Å². The van der Waals surface area contributed by atoms with Crippen molar-refractivity contribution in [3.05, 3.63) is 26.6 Å². The van der Waals surface area contributed by atoms with Crippen LogP contribution >= 0.6 is 11.3 Å². The Morgan fingerprint density at radius 2 is 2.04 bits per heavy atom. The van der Waals surface area contributed by atoms with Crippen LogP contribution in [0.4, 0.5) is 0 Å². The first-order chi connectivity index (χ1) is 11.8. The molecular weight excluding hydrogens is 342 g/mol. The van der Waals surface area contributed by atoms with Gasteiger partial charge in [0.05, 0.1) is 10.3 Å². The number of aryl methyl sites for hydroxylation is 2. The minimum atomic E-state index is -1.07. The molecule has 1 amide bonds. The van der Waals surface area contributed by atoms with Gasteiger partial charge in [-0.15, -0.1) is 11.3 Å². The maximum absolute atomic E-state index is 12.9. The minimum absolute atomic E-state index is 0.0939. The first-order valence-corrected chi connectivity index (χ1v) is 9.17. The summed E-state index contributed by atoms with van der Waals surface area (Å²) in [4.78, 5) is 43.5. The third-order valence-corrected chi connectivity index (χ3v) is 6.04. The zero-order valence-corrected chi connectivity index (χ0v) is 15.4. The molecule has 0 aliphatic carbocycles. The standard InChI is InChI=1S/C17H21N3O4S/c1-9-12-14(18-11-7-5-4-6-8-20(11)15(12)21)25-13(9)16(22)19(3)10(2)17(23)24/h10H,4-8H2,1-3H3,(H,23,24). The van der Waals surface area contributed by atoms with Gasteiger partial charge in [-0.2, -0.15) is 0 Å². The fourth-order valence-electron chi connectivity index (χ4n) is 3.12. The summed E-state index contributed by atoms with van der Waals surface area (Å²) in [6.45, 7) is 3.85. The van der Waals surface area contributed by atoms with Crippen molar-refractivity contribution in [2.45, 2.75) is 52.1 Å². The number of rotatable bonds is 3. The second kappa shape index (κ2) is 6.59. The van der Waals surface area contributed by atoms with E-state index in [4.69, 9.17) is 5.11 Å². The summed E-state index contributed by atoms with van der Waals surface area (Å²) in [5, 5.41) is 9.60. The number of amides is 1. The maximum Gasteiger partial charge on any atom is 0.326 e. The van der Waals surface area contributed by atoms with E-state index in [1.165, 1.54) is 30.2 Å². The molecule has 0 fully saturated rings. The molecule has 7 nitrogen and oxygen atoms in total. The predicted molar refractivity (Wildman–Crippen MR) is 95.4 cm³/mol. The molecule has 1 aliphatic heterocycles. The maximum atomic E-state index is 12.9. The first-order valence-electron chi connectivity index (χ1n) is 8.35. The van der Waals surface area contributed by atoms with E-state index >= 15 is 0 Å². The van der Waals surface area contributed by atoms with Crippen molar-refractivity contribution >= 4 is 33.4 Å². The van der Waals surface area contributed by atoms with Crippen molar-refractivity contribution in [3.8, 4) is 0 Å². The molecule has 0 radical (unpaired) electrons. The van der Waals surface area contributed by atoms with Crippen molar-refractivity contribution in [1.82, 2.24) is 14.5 Å². The summed E-state index contributed by atoms with van der Waals surface area (Å²) in [5.74, 6) is -0.683. The summed E-state index contributed by atoms with van der Waals surface area (Å²) in [6.07, 6.45) is 3.80. The molecule has 8 heteroatoms. The number of nitrogens with zero attached hydrogens (tertiary/aromatic N) is 3. The molecule has 3 rings (SSSR count). The number of thiophene rings is 1. The fourth-order valence-corrected chi connectivity index (χ4v) is 4.29. The fraction of sp³-hybridized carbons (Fsp3) is 0.529. The van der Waals surface area contributed by atoms with Crippen LogP contribution < -0.4 is 5.56 Å². The Balaban J connectivity index is 2.12. The highest BCUT2D eigenvalue weighted by atomic mass is 32.1. The van der Waals surface area contributed by atoms with E-state index in [1.807, 2.05) is 0 Å². The lowest BCUT2D eigenvalue weighted by atomic mass is 10.2. The Hall–Kier alpha value is -2.22. The number of likely N-dealkylation sites (N-methyl/N-ethyl adjacent to an activating group) is 1. The van der Waals surface area contributed by atoms with E-state index in [-0.39, 0.29) is 5.56 Å². The monoisotopic (exact) mass is 363 g/mol. The van der Waals surface area contributed by atoms with Crippen LogP contribution in [-0.2, 0) is 17.8 Å². The number of aliphatic carboxylic acids is 1. The topological polar surface area (TPSA) is 92.5 Å². The molecule has 0 spiro atoms. The van der Waals surface area contributed by atoms with Crippen molar-refractivity contribution in [2.24, 2.45) is 0 Å². The number of carbonyl (C=O) groups is 2. The normalized spacial score (nSPS) is 15.5. The van der Waals surface area contributed by atoms with Gasteiger partial charge in [0.25, 0.3) is 11.5 Å². The lowest BCUT2D eigenvalue weighted by Crippen LogP contribution is -2.40. The van der Waals surface area contributed by atoms with Crippen LogP contribution in [0.5, 0.6) is 0 Å². The average Bonchev–Trinajstić information content (AvgIpc) is 2.75. The molecule has 3 heterocycles. The van der Waals surface area contributed by atoms with Crippen molar-refractivity contribution < 1.29 is 14.7 Å². The van der Waals surface area contributed by atoms with E-state index in [9.17, 15) is 14.4 Å². The van der Waals surface area contributed by atoms with Gasteiger partial charge in [-0.3, -0.25) is 14.2 Å². The number of hydrogen-bond donors (Lipinski definition) is 1. The van der Waals surface area contributed by atoms with Gasteiger partial charge in [-0.1, -0.05) is 6.42 Å². The lowest BCUT2D eigenvalue weighted by Gasteiger charge is -2.20. The van der Waals surface area contributed by atoms with E-state index in [1.54, 1.807) is 11.5 Å². The van der Waals surface area contributed by atoms with Gasteiger partial charge in [0, 0.05) is 20.0 Å². The van der Waals surface area contributed by atoms with Crippen molar-refractivity contribution in [3.63, 3.8) is 0 Å². The van der Waals surface area contributed by atoms with Gasteiger partial charge >= 0.3 is 5.97 Å². The van der Waals surface area contributed by atoms with E-state index in [0.29, 0.717) is 27.2 Å². The number of hydrogen-bond acceptors (Lipinski definition) is 5. The highest BCUT2D eigenvalue weighted by Crippen LogP contribution is 2.29. The van der Waals surface area contributed by atoms with E-state index < -0.39 is 17.9 Å². The van der Waals surface area contributed by atoms with E-state index in [2.05, 4.69) is 4.98 Å². The summed E-state index contributed by atoms with van der Waals surface area (Å²) in [6, 6.07) is -0.942. The van der Waals surface area contributed by atoms with Crippen LogP contribution in [0.1, 0.15) is 47.2 Å². The van der Waals surface area contributed by atoms with Gasteiger partial charge < -0.3 is 10.0 Å². The molecule has 1 aliphatic rings. The smallest absolute Gasteiger partial charge is 0.326 e. The first kappa shape index (κ1) is 17.6. The number of fused-ring (bicyclic) bond motifs is 2. The molecular formula is C17H21N3O4S. The largest absolute Gasteiger partial charge is 0.480 e. The van der Waals surface area contributed by atoms with Gasteiger partial charge in [-0.05, 0) is 32.3 Å². The Labute approximate surface area is 148 Å². The SMILES string of the molecule is Cc1c(C(=O)N(C)C(C)C(=O)O)sc2nc3n(c(=O)c12)CCCCC3. The molecule has 2 aromatic heterocycles. The molecule has 25 heavy (non-hydrogen) atoms. The summed E-state index contributed by atoms with van der Waals surface area (Å²) in [7, 11) is 1.46. The highest BCUT2D eigenvalue weighted by Gasteiger charge is 2.28. The second-order valence-corrected chi connectivity index (χ2v) is 7.46. The van der Waals surface area contributed by atoms with Gasteiger partial charge in [0.2, 0.25) is 0 Å². The second-order valence-electron chi connectivity index (χ2n) is 6.46. The summed E-state index contributed by atoms with van der Waals surface area (Å²) < 4.78 is 1.73. The number of carbonyl (C=O) groups excluding carboxylic acids is 1. The zero-order valence-electron chi connectivity index (χ0n) is 14.5. The van der Waals surface area contributed by atoms with Gasteiger partial charge in [0.15, 0.2) is 0 Å². The lowest BCUT2D eigenvalue weighted by molar-refractivity contribution is -0.141. The molecule has 0 saturated heterocycles. The number of carboxylic acid groups (broad SMARTS) is 1. The average molecular weight is 363 g/mol. The third-order valence-electron chi connectivity index (χ3n) is 4.86. The molecule has 0 saturated carbocycles. The molecule has 1 N–H and O–H groups in total. The van der Waals surface area contributed by atoms with Crippen molar-refractivity contribution in [2.75, 3.05) is 7.05 Å². The molecule has 0 aromatic carbocycles. The van der Waals surface area contributed by atoms with Crippen LogP contribution in [0.2, 0.25) is 0 Å². The van der Waals surface area contributed by atoms with Crippen LogP contribution in [0.3, 0.4) is 0 Å². The van der Waals surface area contributed by atoms with Gasteiger partial charge in [0.1, 0.15) is 16.7 Å². The summed E-state index contributed by atoms with van der Waals surface area (Å²) in [5.41, 5.74) is 0.495. The Bertz CT molecular complexity index is 915. The molecule has 1 unspecified atom stereocenters. The highest BCUT2D eigenvalue weighted by molar-refractivity contribution is 7.20. The van der Waals surface area contributed by atoms with Crippen LogP contribution in [-0.4, -0.2) is 44.5 Å². The zero-order chi connectivity index (χ0) is 18.3. The Morgan fingerprint density at radius 1 is 1.32 bits per heavy atom. The predicted octanol–water partition coefficient (Wildman–Crippen LogP) is 2.04. The Kier molecular flexibility index (Phi) is 4.64. The minimum Gasteiger partial charge on any atom is -0.480 e. The quantitative estimate of drug-likeness (QED) is 0.901. The number of aromatic nitrogens is 2. The molecule has 0 bridgehead atoms. The molecule has 2 aromatic rings. The summed E-state index contributed by atoms with van der Waals surface area (Å²) >= 11 is 1.17. The van der Waals surface area contributed by atoms with Crippen molar-refractivity contribution in [1.29, 1.82) is 0 Å².